The highest BCUT2D eigenvalue weighted by Gasteiger charge is 2.10. The molecule has 19 heavy (non-hydrogen) atoms. The third-order valence-electron chi connectivity index (χ3n) is 2.96. The van der Waals surface area contributed by atoms with Crippen molar-refractivity contribution in [3.8, 4) is 0 Å². The standard InChI is InChI=1S/C14H19N3O2/c1-11(5-4-8-18)15-14(19)9-12-10-17-7-3-2-6-13(17)16-12/h2-3,6-7,10-11,18H,4-5,8-9H2,1H3,(H,15,19). The van der Waals surface area contributed by atoms with Crippen molar-refractivity contribution < 1.29 is 9.90 Å². The van der Waals surface area contributed by atoms with Gasteiger partial charge in [0.05, 0.1) is 12.1 Å². The number of aromatic nitrogens is 2. The van der Waals surface area contributed by atoms with E-state index in [2.05, 4.69) is 10.3 Å². The molecular formula is C14H19N3O2. The van der Waals surface area contributed by atoms with Gasteiger partial charge in [-0.25, -0.2) is 4.98 Å². The maximum Gasteiger partial charge on any atom is 0.226 e. The zero-order valence-electron chi connectivity index (χ0n) is 11.0. The summed E-state index contributed by atoms with van der Waals surface area (Å²) in [6.45, 7) is 2.10. The van der Waals surface area contributed by atoms with E-state index in [0.29, 0.717) is 6.42 Å². The number of hydrogen-bond donors (Lipinski definition) is 2. The predicted octanol–water partition coefficient (Wildman–Crippen LogP) is 1.15. The highest BCUT2D eigenvalue weighted by molar-refractivity contribution is 5.78. The van der Waals surface area contributed by atoms with Gasteiger partial charge in [0, 0.05) is 25.0 Å². The summed E-state index contributed by atoms with van der Waals surface area (Å²) < 4.78 is 1.90. The van der Waals surface area contributed by atoms with Crippen LogP contribution in [0.3, 0.4) is 0 Å². The highest BCUT2D eigenvalue weighted by atomic mass is 16.3. The molecule has 2 heterocycles. The Morgan fingerprint density at radius 3 is 3.11 bits per heavy atom. The molecule has 0 radical (unpaired) electrons. The summed E-state index contributed by atoms with van der Waals surface area (Å²) in [5, 5.41) is 11.6. The smallest absolute Gasteiger partial charge is 0.226 e. The molecule has 1 amide bonds. The lowest BCUT2D eigenvalue weighted by atomic mass is 10.2. The Balaban J connectivity index is 1.91. The molecule has 1 unspecified atom stereocenters. The first-order valence-electron chi connectivity index (χ1n) is 6.52. The second-order valence-corrected chi connectivity index (χ2v) is 4.71. The summed E-state index contributed by atoms with van der Waals surface area (Å²) in [7, 11) is 0. The summed E-state index contributed by atoms with van der Waals surface area (Å²) >= 11 is 0. The molecule has 2 aromatic rings. The monoisotopic (exact) mass is 261 g/mol. The van der Waals surface area contributed by atoms with Crippen molar-refractivity contribution in [1.82, 2.24) is 14.7 Å². The normalized spacial score (nSPS) is 12.5. The number of rotatable bonds is 6. The van der Waals surface area contributed by atoms with Crippen LogP contribution in [0, 0.1) is 0 Å². The number of aliphatic hydroxyl groups excluding tert-OH is 1. The number of nitrogens with one attached hydrogen (secondary N) is 1. The third kappa shape index (κ3) is 3.79. The zero-order chi connectivity index (χ0) is 13.7. The van der Waals surface area contributed by atoms with E-state index >= 15 is 0 Å². The van der Waals surface area contributed by atoms with E-state index in [1.165, 1.54) is 0 Å². The minimum Gasteiger partial charge on any atom is -0.396 e. The summed E-state index contributed by atoms with van der Waals surface area (Å²) in [6.07, 6.45) is 5.55. The Kier molecular flexibility index (Phi) is 4.52. The number of fused-ring (bicyclic) bond motifs is 1. The number of pyridine rings is 1. The topological polar surface area (TPSA) is 66.6 Å². The van der Waals surface area contributed by atoms with Gasteiger partial charge in [0.25, 0.3) is 0 Å². The van der Waals surface area contributed by atoms with Gasteiger partial charge in [0.15, 0.2) is 0 Å². The molecule has 2 aromatic heterocycles. The lowest BCUT2D eigenvalue weighted by Crippen LogP contribution is -2.33. The van der Waals surface area contributed by atoms with Crippen molar-refractivity contribution in [2.45, 2.75) is 32.2 Å². The van der Waals surface area contributed by atoms with E-state index in [9.17, 15) is 4.79 Å². The van der Waals surface area contributed by atoms with Crippen LogP contribution in [0.4, 0.5) is 0 Å². The van der Waals surface area contributed by atoms with Crippen LogP contribution in [0.5, 0.6) is 0 Å². The lowest BCUT2D eigenvalue weighted by molar-refractivity contribution is -0.121. The first kappa shape index (κ1) is 13.5. The van der Waals surface area contributed by atoms with Gasteiger partial charge in [-0.15, -0.1) is 0 Å². The van der Waals surface area contributed by atoms with Crippen LogP contribution in [0.15, 0.2) is 30.6 Å². The van der Waals surface area contributed by atoms with Gasteiger partial charge in [-0.1, -0.05) is 6.07 Å². The first-order valence-corrected chi connectivity index (χ1v) is 6.52. The van der Waals surface area contributed by atoms with Crippen LogP contribution >= 0.6 is 0 Å². The SMILES string of the molecule is CC(CCCO)NC(=O)Cc1cn2ccccc2n1. The summed E-state index contributed by atoms with van der Waals surface area (Å²) in [6, 6.07) is 5.83. The molecule has 0 aliphatic carbocycles. The number of amides is 1. The fourth-order valence-electron chi connectivity index (χ4n) is 2.03. The fraction of sp³-hybridized carbons (Fsp3) is 0.429. The summed E-state index contributed by atoms with van der Waals surface area (Å²) in [5.74, 6) is -0.0335. The van der Waals surface area contributed by atoms with E-state index < -0.39 is 0 Å². The molecule has 0 aliphatic heterocycles. The van der Waals surface area contributed by atoms with Crippen LogP contribution in [-0.2, 0) is 11.2 Å². The summed E-state index contributed by atoms with van der Waals surface area (Å²) in [5.41, 5.74) is 1.61. The van der Waals surface area contributed by atoms with Crippen LogP contribution in [0.25, 0.3) is 5.65 Å². The van der Waals surface area contributed by atoms with Crippen LogP contribution in [0.2, 0.25) is 0 Å². The number of carbonyl (C=O) groups excluding carboxylic acids is 1. The Bertz CT molecular complexity index is 517. The van der Waals surface area contributed by atoms with Gasteiger partial charge in [-0.3, -0.25) is 4.79 Å². The predicted molar refractivity (Wildman–Crippen MR) is 72.8 cm³/mol. The molecule has 0 saturated heterocycles. The second-order valence-electron chi connectivity index (χ2n) is 4.71. The molecular weight excluding hydrogens is 242 g/mol. The third-order valence-corrected chi connectivity index (χ3v) is 2.96. The average molecular weight is 261 g/mol. The number of carbonyl (C=O) groups is 1. The Labute approximate surface area is 112 Å². The van der Waals surface area contributed by atoms with Gasteiger partial charge in [0.2, 0.25) is 5.91 Å². The number of aliphatic hydroxyl groups is 1. The Morgan fingerprint density at radius 2 is 2.37 bits per heavy atom. The zero-order valence-corrected chi connectivity index (χ0v) is 11.0. The average Bonchev–Trinajstić information content (AvgIpc) is 2.78. The minimum atomic E-state index is -0.0335. The van der Waals surface area contributed by atoms with Crippen molar-refractivity contribution in [2.75, 3.05) is 6.61 Å². The maximum atomic E-state index is 11.8. The quantitative estimate of drug-likeness (QED) is 0.820. The molecule has 0 aromatic carbocycles. The van der Waals surface area contributed by atoms with E-state index in [1.54, 1.807) is 0 Å². The van der Waals surface area contributed by atoms with Gasteiger partial charge in [0.1, 0.15) is 5.65 Å². The molecule has 1 atom stereocenters. The highest BCUT2D eigenvalue weighted by Crippen LogP contribution is 2.05. The molecule has 0 fully saturated rings. The summed E-state index contributed by atoms with van der Waals surface area (Å²) in [4.78, 5) is 16.2. The van der Waals surface area contributed by atoms with E-state index in [-0.39, 0.29) is 25.0 Å². The molecule has 2 N–H and O–H groups in total. The molecule has 2 rings (SSSR count). The lowest BCUT2D eigenvalue weighted by Gasteiger charge is -2.12. The van der Waals surface area contributed by atoms with Crippen LogP contribution in [0.1, 0.15) is 25.5 Å². The van der Waals surface area contributed by atoms with Gasteiger partial charge in [-0.2, -0.15) is 0 Å². The van der Waals surface area contributed by atoms with E-state index in [1.807, 2.05) is 41.9 Å². The van der Waals surface area contributed by atoms with Gasteiger partial charge >= 0.3 is 0 Å². The van der Waals surface area contributed by atoms with Crippen molar-refractivity contribution in [3.05, 3.63) is 36.3 Å². The van der Waals surface area contributed by atoms with Crippen molar-refractivity contribution >= 4 is 11.6 Å². The largest absolute Gasteiger partial charge is 0.396 e. The molecule has 0 saturated carbocycles. The van der Waals surface area contributed by atoms with Crippen LogP contribution in [-0.4, -0.2) is 33.0 Å². The Morgan fingerprint density at radius 1 is 1.53 bits per heavy atom. The molecule has 102 valence electrons. The van der Waals surface area contributed by atoms with Gasteiger partial charge in [-0.05, 0) is 31.9 Å². The Hall–Kier alpha value is -1.88. The fourth-order valence-corrected chi connectivity index (χ4v) is 2.03. The number of hydrogen-bond acceptors (Lipinski definition) is 3. The minimum absolute atomic E-state index is 0.0335. The van der Waals surface area contributed by atoms with Gasteiger partial charge < -0.3 is 14.8 Å². The maximum absolute atomic E-state index is 11.8. The number of imidazole rings is 1. The van der Waals surface area contributed by atoms with Crippen molar-refractivity contribution in [2.24, 2.45) is 0 Å². The number of nitrogens with zero attached hydrogens (tertiary/aromatic N) is 2. The van der Waals surface area contributed by atoms with E-state index in [0.717, 1.165) is 17.8 Å². The van der Waals surface area contributed by atoms with E-state index in [4.69, 9.17) is 5.11 Å². The molecule has 5 heteroatoms. The second kappa shape index (κ2) is 6.33. The van der Waals surface area contributed by atoms with Crippen molar-refractivity contribution in [3.63, 3.8) is 0 Å². The molecule has 0 aliphatic rings. The molecule has 0 spiro atoms. The van der Waals surface area contributed by atoms with Crippen molar-refractivity contribution in [1.29, 1.82) is 0 Å². The molecule has 5 nitrogen and oxygen atoms in total. The molecule has 0 bridgehead atoms. The first-order chi connectivity index (χ1) is 9.19. The van der Waals surface area contributed by atoms with Crippen LogP contribution < -0.4 is 5.32 Å².